The molecule has 0 aromatic heterocycles. The summed E-state index contributed by atoms with van der Waals surface area (Å²) in [6.07, 6.45) is 9.75. The predicted molar refractivity (Wildman–Crippen MR) is 101 cm³/mol. The Kier molecular flexibility index (Phi) is 4.56. The van der Waals surface area contributed by atoms with Crippen LogP contribution in [0.5, 0.6) is 0 Å². The lowest BCUT2D eigenvalue weighted by atomic mass is 9.49. The van der Waals surface area contributed by atoms with Crippen LogP contribution in [0.25, 0.3) is 0 Å². The van der Waals surface area contributed by atoms with E-state index in [1.807, 2.05) is 6.08 Å². The van der Waals surface area contributed by atoms with Crippen LogP contribution >= 0.6 is 0 Å². The van der Waals surface area contributed by atoms with Gasteiger partial charge in [-0.3, -0.25) is 9.59 Å². The average Bonchev–Trinajstić information content (AvgIpc) is 3.00. The highest BCUT2D eigenvalue weighted by Crippen LogP contribution is 2.62. The molecule has 0 heterocycles. The Morgan fingerprint density at radius 1 is 1.15 bits per heavy atom. The monoisotopic (exact) mass is 358 g/mol. The molecule has 4 aliphatic rings. The Hall–Kier alpha value is -1.12. The van der Waals surface area contributed by atoms with Gasteiger partial charge < -0.3 is 4.74 Å². The summed E-state index contributed by atoms with van der Waals surface area (Å²) in [7, 11) is 0. The third-order valence-corrected chi connectivity index (χ3v) is 8.46. The molecule has 4 aliphatic carbocycles. The van der Waals surface area contributed by atoms with Crippen molar-refractivity contribution in [2.24, 2.45) is 40.9 Å². The van der Waals surface area contributed by atoms with E-state index in [4.69, 9.17) is 4.74 Å². The molecule has 0 amide bonds. The number of ether oxygens (including phenoxy) is 1. The van der Waals surface area contributed by atoms with Gasteiger partial charge in [-0.25, -0.2) is 0 Å². The molecule has 3 nitrogen and oxygen atoms in total. The van der Waals surface area contributed by atoms with Crippen LogP contribution in [-0.2, 0) is 14.3 Å². The number of carbonyl (C=O) groups is 2. The van der Waals surface area contributed by atoms with E-state index in [9.17, 15) is 9.59 Å². The number of hydrogen-bond acceptors (Lipinski definition) is 3. The molecular weight excluding hydrogens is 324 g/mol. The van der Waals surface area contributed by atoms with Crippen molar-refractivity contribution in [1.82, 2.24) is 0 Å². The van der Waals surface area contributed by atoms with E-state index in [-0.39, 0.29) is 23.4 Å². The summed E-state index contributed by atoms with van der Waals surface area (Å²) in [6.45, 7) is 8.59. The fraction of sp³-hybridized carbons (Fsp3) is 0.826. The molecule has 4 rings (SSSR count). The number of esters is 1. The smallest absolute Gasteiger partial charge is 0.302 e. The third kappa shape index (κ3) is 2.77. The second-order valence-corrected chi connectivity index (χ2v) is 9.99. The number of rotatable bonds is 2. The first kappa shape index (κ1) is 18.3. The van der Waals surface area contributed by atoms with Gasteiger partial charge in [0.05, 0.1) is 0 Å². The summed E-state index contributed by atoms with van der Waals surface area (Å²) in [5.41, 5.74) is 1.40. The third-order valence-electron chi connectivity index (χ3n) is 8.46. The van der Waals surface area contributed by atoms with Gasteiger partial charge in [0.1, 0.15) is 6.10 Å². The van der Waals surface area contributed by atoms with Crippen LogP contribution in [0.15, 0.2) is 11.6 Å². The molecule has 0 radical (unpaired) electrons. The fourth-order valence-corrected chi connectivity index (χ4v) is 7.26. The maximum atomic E-state index is 13.2. The molecule has 26 heavy (non-hydrogen) atoms. The zero-order valence-corrected chi connectivity index (χ0v) is 16.8. The van der Waals surface area contributed by atoms with Crippen molar-refractivity contribution in [2.75, 3.05) is 0 Å². The molecule has 0 saturated heterocycles. The van der Waals surface area contributed by atoms with E-state index in [0.29, 0.717) is 17.6 Å². The average molecular weight is 359 g/mol. The topological polar surface area (TPSA) is 43.4 Å². The maximum absolute atomic E-state index is 13.2. The Morgan fingerprint density at radius 3 is 2.58 bits per heavy atom. The van der Waals surface area contributed by atoms with Crippen LogP contribution in [0.1, 0.15) is 72.6 Å². The highest BCUT2D eigenvalue weighted by molar-refractivity contribution is 5.94. The van der Waals surface area contributed by atoms with Crippen LogP contribution in [0.3, 0.4) is 0 Å². The van der Waals surface area contributed by atoms with Gasteiger partial charge in [0, 0.05) is 19.3 Å². The van der Waals surface area contributed by atoms with Gasteiger partial charge in [0.15, 0.2) is 5.78 Å². The highest BCUT2D eigenvalue weighted by atomic mass is 16.5. The lowest BCUT2D eigenvalue weighted by molar-refractivity contribution is -0.148. The summed E-state index contributed by atoms with van der Waals surface area (Å²) in [5.74, 6) is 3.84. The molecule has 7 unspecified atom stereocenters. The summed E-state index contributed by atoms with van der Waals surface area (Å²) >= 11 is 0. The molecule has 0 aliphatic heterocycles. The van der Waals surface area contributed by atoms with Crippen molar-refractivity contribution in [2.45, 2.75) is 78.7 Å². The lowest BCUT2D eigenvalue weighted by Gasteiger charge is -2.54. The number of hydrogen-bond donors (Lipinski definition) is 0. The normalized spacial score (nSPS) is 44.8. The molecule has 3 saturated carbocycles. The van der Waals surface area contributed by atoms with Crippen molar-refractivity contribution in [3.05, 3.63) is 11.6 Å². The maximum Gasteiger partial charge on any atom is 0.302 e. The van der Waals surface area contributed by atoms with Crippen LogP contribution in [0.2, 0.25) is 0 Å². The van der Waals surface area contributed by atoms with Crippen LogP contribution < -0.4 is 0 Å². The number of carbonyl (C=O) groups excluding carboxylic acids is 2. The first-order valence-electron chi connectivity index (χ1n) is 10.7. The van der Waals surface area contributed by atoms with Gasteiger partial charge in [-0.05, 0) is 79.6 Å². The Bertz CT molecular complexity index is 633. The van der Waals surface area contributed by atoms with Crippen molar-refractivity contribution in [3.8, 4) is 0 Å². The Labute approximate surface area is 157 Å². The molecule has 0 spiro atoms. The van der Waals surface area contributed by atoms with Crippen molar-refractivity contribution >= 4 is 11.8 Å². The SMILES string of the molecule is CC(=O)OC1CCC2(C)C(=CC(=O)C3C4CCC(C(C)C)C4CCC32)C1. The number of fused-ring (bicyclic) bond motifs is 5. The van der Waals surface area contributed by atoms with E-state index in [2.05, 4.69) is 20.8 Å². The van der Waals surface area contributed by atoms with E-state index >= 15 is 0 Å². The highest BCUT2D eigenvalue weighted by Gasteiger charge is 2.57. The van der Waals surface area contributed by atoms with Gasteiger partial charge in [0.2, 0.25) is 0 Å². The second-order valence-electron chi connectivity index (χ2n) is 9.99. The van der Waals surface area contributed by atoms with E-state index in [0.717, 1.165) is 37.0 Å². The fourth-order valence-electron chi connectivity index (χ4n) is 7.26. The lowest BCUT2D eigenvalue weighted by Crippen LogP contribution is -2.51. The first-order chi connectivity index (χ1) is 12.3. The first-order valence-corrected chi connectivity index (χ1v) is 10.7. The summed E-state index contributed by atoms with van der Waals surface area (Å²) in [6, 6.07) is 0. The summed E-state index contributed by atoms with van der Waals surface area (Å²) in [5, 5.41) is 0. The van der Waals surface area contributed by atoms with Crippen LogP contribution in [-0.4, -0.2) is 17.9 Å². The van der Waals surface area contributed by atoms with E-state index in [1.54, 1.807) is 0 Å². The minimum absolute atomic E-state index is 0.0377. The van der Waals surface area contributed by atoms with Gasteiger partial charge >= 0.3 is 5.97 Å². The molecule has 144 valence electrons. The molecule has 0 aromatic rings. The van der Waals surface area contributed by atoms with Gasteiger partial charge in [-0.2, -0.15) is 0 Å². The van der Waals surface area contributed by atoms with Crippen molar-refractivity contribution in [1.29, 1.82) is 0 Å². The quantitative estimate of drug-likeness (QED) is 0.657. The zero-order valence-electron chi connectivity index (χ0n) is 16.8. The Balaban J connectivity index is 1.60. The standard InChI is InChI=1S/C23H34O3/c1-13(2)17-5-6-19-18(17)7-8-20-22(19)21(25)12-15-11-16(26-14(3)24)9-10-23(15,20)4/h12-13,16-20,22H,5-11H2,1-4H3. The predicted octanol–water partition coefficient (Wildman–Crippen LogP) is 4.94. The van der Waals surface area contributed by atoms with Gasteiger partial charge in [0.25, 0.3) is 0 Å². The van der Waals surface area contributed by atoms with Crippen molar-refractivity contribution < 1.29 is 14.3 Å². The summed E-state index contributed by atoms with van der Waals surface area (Å²) in [4.78, 5) is 24.5. The number of ketones is 1. The van der Waals surface area contributed by atoms with E-state index < -0.39 is 0 Å². The molecule has 3 heteroatoms. The largest absolute Gasteiger partial charge is 0.462 e. The molecule has 0 aromatic carbocycles. The minimum atomic E-state index is -0.203. The molecule has 7 atom stereocenters. The van der Waals surface area contributed by atoms with Crippen LogP contribution in [0.4, 0.5) is 0 Å². The van der Waals surface area contributed by atoms with Gasteiger partial charge in [-0.15, -0.1) is 0 Å². The molecule has 0 bridgehead atoms. The number of allylic oxidation sites excluding steroid dienone is 1. The zero-order chi connectivity index (χ0) is 18.6. The molecule has 3 fully saturated rings. The Morgan fingerprint density at radius 2 is 1.88 bits per heavy atom. The van der Waals surface area contributed by atoms with Crippen LogP contribution in [0, 0.1) is 40.9 Å². The van der Waals surface area contributed by atoms with Gasteiger partial charge in [-0.1, -0.05) is 26.3 Å². The molecule has 0 N–H and O–H groups in total. The molecular formula is C23H34O3. The van der Waals surface area contributed by atoms with E-state index in [1.165, 1.54) is 38.2 Å². The van der Waals surface area contributed by atoms with Crippen molar-refractivity contribution in [3.63, 3.8) is 0 Å². The second kappa shape index (κ2) is 6.49. The summed E-state index contributed by atoms with van der Waals surface area (Å²) < 4.78 is 5.48. The minimum Gasteiger partial charge on any atom is -0.462 e.